The minimum atomic E-state index is -0.586. The number of aromatic nitrogens is 2. The maximum absolute atomic E-state index is 9.35. The van der Waals surface area contributed by atoms with Gasteiger partial charge in [-0.15, -0.1) is 0 Å². The van der Waals surface area contributed by atoms with Gasteiger partial charge in [-0.05, 0) is 28.7 Å². The van der Waals surface area contributed by atoms with E-state index < -0.39 is 5.54 Å². The van der Waals surface area contributed by atoms with Gasteiger partial charge >= 0.3 is 0 Å². The van der Waals surface area contributed by atoms with E-state index in [2.05, 4.69) is 72.8 Å². The lowest BCUT2D eigenvalue weighted by Crippen LogP contribution is -2.38. The van der Waals surface area contributed by atoms with E-state index in [0.717, 1.165) is 22.3 Å². The van der Waals surface area contributed by atoms with Crippen molar-refractivity contribution in [2.45, 2.75) is 12.0 Å². The van der Waals surface area contributed by atoms with E-state index >= 15 is 0 Å². The Morgan fingerprint density at radius 2 is 1.15 bits per heavy atom. The zero-order chi connectivity index (χ0) is 18.5. The summed E-state index contributed by atoms with van der Waals surface area (Å²) in [6.07, 6.45) is 4.48. The van der Waals surface area contributed by atoms with Crippen LogP contribution in [-0.4, -0.2) is 21.5 Å². The van der Waals surface area contributed by atoms with Crippen LogP contribution < -0.4 is 0 Å². The van der Waals surface area contributed by atoms with E-state index in [1.165, 1.54) is 0 Å². The number of nitrogens with zero attached hydrogens (tertiary/aromatic N) is 2. The van der Waals surface area contributed by atoms with Gasteiger partial charge < -0.3 is 5.11 Å². The largest absolute Gasteiger partial charge is 0.396 e. The third-order valence-corrected chi connectivity index (χ3v) is 4.95. The molecule has 0 aliphatic heterocycles. The molecule has 27 heavy (non-hydrogen) atoms. The molecule has 0 unspecified atom stereocenters. The van der Waals surface area contributed by atoms with E-state index in [9.17, 15) is 5.11 Å². The molecule has 0 radical (unpaired) electrons. The summed E-state index contributed by atoms with van der Waals surface area (Å²) in [5.41, 5.74) is 3.85. The molecule has 1 N–H and O–H groups in total. The van der Waals surface area contributed by atoms with Crippen LogP contribution in [0.4, 0.5) is 0 Å². The predicted octanol–water partition coefficient (Wildman–Crippen LogP) is 4.26. The molecule has 0 amide bonds. The lowest BCUT2D eigenvalue weighted by molar-refractivity contribution is 0.299. The number of benzene rings is 3. The molecule has 0 aliphatic rings. The Morgan fingerprint density at radius 1 is 0.704 bits per heavy atom. The first-order valence-corrected chi connectivity index (χ1v) is 9.17. The van der Waals surface area contributed by atoms with E-state index in [4.69, 9.17) is 5.10 Å². The molecule has 0 aliphatic carbocycles. The second-order valence-electron chi connectivity index (χ2n) is 6.58. The van der Waals surface area contributed by atoms with Gasteiger partial charge in [0.1, 0.15) is 5.54 Å². The molecule has 134 valence electrons. The Morgan fingerprint density at radius 3 is 1.56 bits per heavy atom. The lowest BCUT2D eigenvalue weighted by Gasteiger charge is -2.36. The lowest BCUT2D eigenvalue weighted by atomic mass is 9.77. The van der Waals surface area contributed by atoms with Gasteiger partial charge in [-0.2, -0.15) is 5.10 Å². The molecule has 1 aromatic heterocycles. The number of aliphatic hydroxyl groups is 1. The molecular formula is C24H22N2O. The third-order valence-electron chi connectivity index (χ3n) is 4.95. The Bertz CT molecular complexity index is 882. The standard InChI is InChI=1S/C24H22N2O/c27-17-16-20-18-25-26(19-20)24(21-10-4-1-5-11-21,22-12-6-2-7-13-22)23-14-8-3-9-15-23/h1-15,18-19,27H,16-17H2. The minimum Gasteiger partial charge on any atom is -0.396 e. The number of rotatable bonds is 6. The van der Waals surface area contributed by atoms with Crippen molar-refractivity contribution >= 4 is 0 Å². The van der Waals surface area contributed by atoms with Gasteiger partial charge in [-0.3, -0.25) is 4.68 Å². The van der Waals surface area contributed by atoms with Crippen molar-refractivity contribution < 1.29 is 5.11 Å². The van der Waals surface area contributed by atoms with Crippen molar-refractivity contribution in [3.05, 3.63) is 126 Å². The van der Waals surface area contributed by atoms with Crippen LogP contribution in [-0.2, 0) is 12.0 Å². The first-order chi connectivity index (χ1) is 13.4. The Kier molecular flexibility index (Phi) is 4.86. The highest BCUT2D eigenvalue weighted by atomic mass is 16.2. The molecule has 3 aromatic carbocycles. The average Bonchev–Trinajstić information content (AvgIpc) is 3.20. The van der Waals surface area contributed by atoms with Crippen molar-refractivity contribution in [1.82, 2.24) is 9.78 Å². The van der Waals surface area contributed by atoms with Gasteiger partial charge in [0.15, 0.2) is 0 Å². The Labute approximate surface area is 159 Å². The van der Waals surface area contributed by atoms with Gasteiger partial charge in [0.2, 0.25) is 0 Å². The molecule has 0 spiro atoms. The van der Waals surface area contributed by atoms with Crippen molar-refractivity contribution in [3.63, 3.8) is 0 Å². The van der Waals surface area contributed by atoms with Crippen LogP contribution in [0.2, 0.25) is 0 Å². The Hall–Kier alpha value is -3.17. The topological polar surface area (TPSA) is 38.1 Å². The molecule has 4 rings (SSSR count). The fraction of sp³-hybridized carbons (Fsp3) is 0.125. The Balaban J connectivity index is 2.06. The van der Waals surface area contributed by atoms with Gasteiger partial charge in [-0.1, -0.05) is 91.0 Å². The summed E-state index contributed by atoms with van der Waals surface area (Å²) in [7, 11) is 0. The van der Waals surface area contributed by atoms with E-state index in [0.29, 0.717) is 6.42 Å². The molecule has 0 atom stereocenters. The monoisotopic (exact) mass is 354 g/mol. The van der Waals surface area contributed by atoms with Crippen molar-refractivity contribution in [2.75, 3.05) is 6.61 Å². The highest BCUT2D eigenvalue weighted by Crippen LogP contribution is 2.40. The van der Waals surface area contributed by atoms with Gasteiger partial charge in [-0.25, -0.2) is 0 Å². The van der Waals surface area contributed by atoms with Gasteiger partial charge in [0.05, 0.1) is 6.20 Å². The quantitative estimate of drug-likeness (QED) is 0.526. The summed E-state index contributed by atoms with van der Waals surface area (Å²) < 4.78 is 2.03. The van der Waals surface area contributed by atoms with Crippen molar-refractivity contribution in [3.8, 4) is 0 Å². The zero-order valence-electron chi connectivity index (χ0n) is 15.1. The summed E-state index contributed by atoms with van der Waals surface area (Å²) >= 11 is 0. The summed E-state index contributed by atoms with van der Waals surface area (Å²) in [5, 5.41) is 14.1. The molecule has 0 fully saturated rings. The summed E-state index contributed by atoms with van der Waals surface area (Å²) in [5.74, 6) is 0. The van der Waals surface area contributed by atoms with Crippen LogP contribution in [0.1, 0.15) is 22.3 Å². The summed E-state index contributed by atoms with van der Waals surface area (Å²) in [6.45, 7) is 0.112. The molecule has 4 aromatic rings. The van der Waals surface area contributed by atoms with Crippen LogP contribution in [0.25, 0.3) is 0 Å². The zero-order valence-corrected chi connectivity index (χ0v) is 15.1. The van der Waals surface area contributed by atoms with Crippen LogP contribution in [0.3, 0.4) is 0 Å². The first-order valence-electron chi connectivity index (χ1n) is 9.17. The van der Waals surface area contributed by atoms with E-state index in [1.54, 1.807) is 0 Å². The maximum Gasteiger partial charge on any atom is 0.137 e. The highest BCUT2D eigenvalue weighted by Gasteiger charge is 2.39. The fourth-order valence-corrected chi connectivity index (χ4v) is 3.74. The molecule has 3 nitrogen and oxygen atoms in total. The van der Waals surface area contributed by atoms with Gasteiger partial charge in [0.25, 0.3) is 0 Å². The van der Waals surface area contributed by atoms with Crippen molar-refractivity contribution in [1.29, 1.82) is 0 Å². The SMILES string of the molecule is OCCc1cnn(C(c2ccccc2)(c2ccccc2)c2ccccc2)c1. The normalized spacial score (nSPS) is 11.4. The summed E-state index contributed by atoms with van der Waals surface area (Å²) in [6, 6.07) is 31.4. The average molecular weight is 354 g/mol. The predicted molar refractivity (Wildman–Crippen MR) is 108 cm³/mol. The number of aliphatic hydroxyl groups excluding tert-OH is 1. The second-order valence-corrected chi connectivity index (χ2v) is 6.58. The first kappa shape index (κ1) is 17.3. The fourth-order valence-electron chi connectivity index (χ4n) is 3.74. The van der Waals surface area contributed by atoms with E-state index in [1.807, 2.05) is 35.3 Å². The van der Waals surface area contributed by atoms with Gasteiger partial charge in [0, 0.05) is 12.8 Å². The smallest absolute Gasteiger partial charge is 0.137 e. The highest BCUT2D eigenvalue weighted by molar-refractivity contribution is 5.50. The summed E-state index contributed by atoms with van der Waals surface area (Å²) in [4.78, 5) is 0. The molecule has 1 heterocycles. The minimum absolute atomic E-state index is 0.112. The molecule has 0 bridgehead atoms. The molecule has 0 saturated carbocycles. The van der Waals surface area contributed by atoms with Crippen LogP contribution in [0.15, 0.2) is 103 Å². The third kappa shape index (κ3) is 3.07. The molecule has 3 heteroatoms. The number of hydrogen-bond donors (Lipinski definition) is 1. The molecular weight excluding hydrogens is 332 g/mol. The van der Waals surface area contributed by atoms with Crippen LogP contribution >= 0.6 is 0 Å². The second kappa shape index (κ2) is 7.60. The molecule has 0 saturated heterocycles. The van der Waals surface area contributed by atoms with Crippen LogP contribution in [0, 0.1) is 0 Å². The van der Waals surface area contributed by atoms with Crippen molar-refractivity contribution in [2.24, 2.45) is 0 Å². The maximum atomic E-state index is 9.35. The number of hydrogen-bond acceptors (Lipinski definition) is 2. The van der Waals surface area contributed by atoms with E-state index in [-0.39, 0.29) is 6.61 Å². The van der Waals surface area contributed by atoms with Crippen LogP contribution in [0.5, 0.6) is 0 Å².